The molecule has 2 aliphatic heterocycles. The van der Waals surface area contributed by atoms with Gasteiger partial charge in [0.15, 0.2) is 0 Å². The van der Waals surface area contributed by atoms with Gasteiger partial charge in [-0.05, 0) is 63.5 Å². The number of nitrogens with zero attached hydrogens (tertiary/aromatic N) is 2. The number of rotatable bonds is 3. The molecular weight excluding hydrogens is 366 g/mol. The van der Waals surface area contributed by atoms with E-state index < -0.39 is 5.60 Å². The number of aromatic nitrogens is 1. The first-order chi connectivity index (χ1) is 13.9. The van der Waals surface area contributed by atoms with Crippen molar-refractivity contribution in [1.82, 2.24) is 20.7 Å². The summed E-state index contributed by atoms with van der Waals surface area (Å²) in [6.07, 6.45) is 3.61. The lowest BCUT2D eigenvalue weighted by Crippen LogP contribution is -2.55. The molecule has 1 aromatic heterocycles. The van der Waals surface area contributed by atoms with Gasteiger partial charge in [-0.3, -0.25) is 4.90 Å². The number of para-hydroxylation sites is 1. The summed E-state index contributed by atoms with van der Waals surface area (Å²) in [6.45, 7) is 5.75. The number of hydrogen-bond acceptors (Lipinski definition) is 5. The SMILES string of the molecule is CC(C)(C)OC(=O)N1[C@@H]2CC[C@@H](C2)[C@H]1C1N=C(Cc2cc3ccccc3[nH]2)NN1. The van der Waals surface area contributed by atoms with Gasteiger partial charge >= 0.3 is 6.09 Å². The van der Waals surface area contributed by atoms with Crippen molar-refractivity contribution in [2.24, 2.45) is 10.9 Å². The van der Waals surface area contributed by atoms with Crippen molar-refractivity contribution in [1.29, 1.82) is 0 Å². The molecule has 154 valence electrons. The van der Waals surface area contributed by atoms with Crippen molar-refractivity contribution in [2.75, 3.05) is 0 Å². The molecule has 3 N–H and O–H groups in total. The Balaban J connectivity index is 1.33. The number of aromatic amines is 1. The Morgan fingerprint density at radius 1 is 1.28 bits per heavy atom. The summed E-state index contributed by atoms with van der Waals surface area (Å²) in [4.78, 5) is 23.2. The van der Waals surface area contributed by atoms with E-state index in [1.54, 1.807) is 0 Å². The van der Waals surface area contributed by atoms with Gasteiger partial charge in [0.05, 0.1) is 6.04 Å². The van der Waals surface area contributed by atoms with Crippen LogP contribution in [0.4, 0.5) is 4.79 Å². The molecule has 5 rings (SSSR count). The van der Waals surface area contributed by atoms with E-state index in [2.05, 4.69) is 34.0 Å². The first kappa shape index (κ1) is 18.5. The minimum Gasteiger partial charge on any atom is -0.444 e. The van der Waals surface area contributed by atoms with Crippen LogP contribution in [0, 0.1) is 5.92 Å². The number of hydrazine groups is 1. The fourth-order valence-electron chi connectivity index (χ4n) is 5.07. The third-order valence-corrected chi connectivity index (χ3v) is 6.17. The Labute approximate surface area is 170 Å². The number of carbonyl (C=O) groups is 1. The van der Waals surface area contributed by atoms with E-state index in [-0.39, 0.29) is 24.3 Å². The number of benzene rings is 1. The molecule has 2 bridgehead atoms. The number of fused-ring (bicyclic) bond motifs is 3. The van der Waals surface area contributed by atoms with Crippen LogP contribution in [0.2, 0.25) is 0 Å². The Morgan fingerprint density at radius 3 is 2.90 bits per heavy atom. The molecule has 1 saturated carbocycles. The fraction of sp³-hybridized carbons (Fsp3) is 0.545. The number of aliphatic imine (C=N–C) groups is 1. The van der Waals surface area contributed by atoms with Crippen molar-refractivity contribution >= 4 is 22.8 Å². The lowest BCUT2D eigenvalue weighted by atomic mass is 9.96. The molecule has 1 amide bonds. The first-order valence-electron chi connectivity index (χ1n) is 10.5. The smallest absolute Gasteiger partial charge is 0.410 e. The minimum absolute atomic E-state index is 0.0383. The van der Waals surface area contributed by atoms with Crippen molar-refractivity contribution in [2.45, 2.75) is 70.3 Å². The number of hydrogen-bond donors (Lipinski definition) is 3. The quantitative estimate of drug-likeness (QED) is 0.745. The molecule has 7 nitrogen and oxygen atoms in total. The molecule has 1 aliphatic carbocycles. The molecule has 1 unspecified atom stereocenters. The highest BCUT2D eigenvalue weighted by atomic mass is 16.6. The second-order valence-corrected chi connectivity index (χ2v) is 9.45. The Morgan fingerprint density at radius 2 is 2.10 bits per heavy atom. The summed E-state index contributed by atoms with van der Waals surface area (Å²) in [5.41, 5.74) is 8.33. The second-order valence-electron chi connectivity index (χ2n) is 9.45. The molecule has 2 fully saturated rings. The van der Waals surface area contributed by atoms with E-state index in [9.17, 15) is 4.79 Å². The third kappa shape index (κ3) is 3.48. The maximum atomic E-state index is 12.9. The largest absolute Gasteiger partial charge is 0.444 e. The fourth-order valence-corrected chi connectivity index (χ4v) is 5.07. The molecular formula is C22H29N5O2. The van der Waals surface area contributed by atoms with E-state index in [1.807, 2.05) is 37.8 Å². The zero-order valence-corrected chi connectivity index (χ0v) is 17.2. The van der Waals surface area contributed by atoms with Crippen molar-refractivity contribution in [3.05, 3.63) is 36.0 Å². The van der Waals surface area contributed by atoms with Gasteiger partial charge in [0, 0.05) is 23.7 Å². The molecule has 0 radical (unpaired) electrons. The molecule has 1 saturated heterocycles. The van der Waals surface area contributed by atoms with Gasteiger partial charge in [0.1, 0.15) is 17.6 Å². The van der Waals surface area contributed by atoms with Crippen molar-refractivity contribution < 1.29 is 9.53 Å². The number of piperidine rings is 1. The number of likely N-dealkylation sites (tertiary alicyclic amines) is 1. The van der Waals surface area contributed by atoms with E-state index >= 15 is 0 Å². The average Bonchev–Trinajstić information content (AvgIpc) is 3.42. The normalized spacial score (nSPS) is 28.7. The predicted molar refractivity (Wildman–Crippen MR) is 112 cm³/mol. The molecule has 7 heteroatoms. The number of nitrogens with one attached hydrogen (secondary N) is 3. The van der Waals surface area contributed by atoms with Crippen LogP contribution < -0.4 is 10.9 Å². The molecule has 0 spiro atoms. The van der Waals surface area contributed by atoms with E-state index in [1.165, 1.54) is 5.39 Å². The number of carbonyl (C=O) groups excluding carboxylic acids is 1. The summed E-state index contributed by atoms with van der Waals surface area (Å²) < 4.78 is 5.71. The molecule has 3 heterocycles. The summed E-state index contributed by atoms with van der Waals surface area (Å²) >= 11 is 0. The predicted octanol–water partition coefficient (Wildman–Crippen LogP) is 3.33. The highest BCUT2D eigenvalue weighted by Gasteiger charge is 2.53. The van der Waals surface area contributed by atoms with Crippen LogP contribution in [0.25, 0.3) is 10.9 Å². The van der Waals surface area contributed by atoms with E-state index in [0.29, 0.717) is 12.3 Å². The highest BCUT2D eigenvalue weighted by molar-refractivity contribution is 5.87. The lowest BCUT2D eigenvalue weighted by Gasteiger charge is -2.38. The standard InChI is InChI=1S/C22H29N5O2/c1-22(2,3)29-21(28)27-16-9-8-14(11-16)19(27)20-24-18(25-26-20)12-15-10-13-6-4-5-7-17(13)23-15/h4-7,10,14,16,19-20,23,26H,8-9,11-12H2,1-3H3,(H,24,25)/t14-,16+,19-,20?/m0/s1. The van der Waals surface area contributed by atoms with Crippen LogP contribution in [-0.2, 0) is 11.2 Å². The van der Waals surface area contributed by atoms with Crippen molar-refractivity contribution in [3.63, 3.8) is 0 Å². The molecule has 1 aromatic carbocycles. The molecule has 3 aliphatic rings. The summed E-state index contributed by atoms with van der Waals surface area (Å²) in [6, 6.07) is 10.7. The second kappa shape index (κ2) is 6.76. The Hall–Kier alpha value is -2.54. The van der Waals surface area contributed by atoms with Crippen molar-refractivity contribution in [3.8, 4) is 0 Å². The first-order valence-corrected chi connectivity index (χ1v) is 10.5. The average molecular weight is 396 g/mol. The highest BCUT2D eigenvalue weighted by Crippen LogP contribution is 2.44. The Bertz CT molecular complexity index is 927. The van der Waals surface area contributed by atoms with E-state index in [0.717, 1.165) is 36.3 Å². The summed E-state index contributed by atoms with van der Waals surface area (Å²) in [5, 5.41) is 1.20. The van der Waals surface area contributed by atoms with Gasteiger partial charge in [0.2, 0.25) is 0 Å². The number of amidine groups is 1. The summed E-state index contributed by atoms with van der Waals surface area (Å²) in [7, 11) is 0. The molecule has 4 atom stereocenters. The van der Waals surface area contributed by atoms with Gasteiger partial charge in [-0.15, -0.1) is 0 Å². The maximum absolute atomic E-state index is 12.9. The topological polar surface area (TPSA) is 81.8 Å². The van der Waals surface area contributed by atoms with Gasteiger partial charge in [0.25, 0.3) is 0 Å². The zero-order chi connectivity index (χ0) is 20.2. The van der Waals surface area contributed by atoms with Gasteiger partial charge in [-0.25, -0.2) is 15.2 Å². The Kier molecular flexibility index (Phi) is 4.31. The van der Waals surface area contributed by atoms with Crippen LogP contribution in [0.3, 0.4) is 0 Å². The van der Waals surface area contributed by atoms with Crippen LogP contribution >= 0.6 is 0 Å². The third-order valence-electron chi connectivity index (χ3n) is 6.17. The van der Waals surface area contributed by atoms with Crippen LogP contribution in [0.15, 0.2) is 35.3 Å². The lowest BCUT2D eigenvalue weighted by molar-refractivity contribution is 0.00306. The summed E-state index contributed by atoms with van der Waals surface area (Å²) in [5.74, 6) is 1.37. The zero-order valence-electron chi connectivity index (χ0n) is 17.2. The molecule has 29 heavy (non-hydrogen) atoms. The van der Waals surface area contributed by atoms with Gasteiger partial charge in [-0.2, -0.15) is 0 Å². The molecule has 2 aromatic rings. The van der Waals surface area contributed by atoms with Gasteiger partial charge in [-0.1, -0.05) is 18.2 Å². The van der Waals surface area contributed by atoms with E-state index in [4.69, 9.17) is 9.73 Å². The van der Waals surface area contributed by atoms with Gasteiger partial charge < -0.3 is 15.1 Å². The van der Waals surface area contributed by atoms with Crippen LogP contribution in [0.5, 0.6) is 0 Å². The van der Waals surface area contributed by atoms with Crippen LogP contribution in [0.1, 0.15) is 45.7 Å². The number of ether oxygens (including phenoxy) is 1. The number of amides is 1. The maximum Gasteiger partial charge on any atom is 0.410 e. The van der Waals surface area contributed by atoms with Crippen LogP contribution in [-0.4, -0.2) is 45.7 Å². The number of H-pyrrole nitrogens is 1. The minimum atomic E-state index is -0.491. The monoisotopic (exact) mass is 395 g/mol.